The van der Waals surface area contributed by atoms with Gasteiger partial charge in [-0.05, 0) is 31.2 Å². The lowest BCUT2D eigenvalue weighted by Gasteiger charge is -2.15. The molecule has 1 aromatic carbocycles. The number of carboxylic acids is 1. The minimum absolute atomic E-state index is 0.0520. The van der Waals surface area contributed by atoms with Crippen molar-refractivity contribution < 1.29 is 24.2 Å². The largest absolute Gasteiger partial charge is 0.479 e. The SMILES string of the molecule is CC(O)(C(=O)O)C(=O)c1ccc(F)cc1. The van der Waals surface area contributed by atoms with Gasteiger partial charge in [0, 0.05) is 5.56 Å². The summed E-state index contributed by atoms with van der Waals surface area (Å²) in [6, 6.07) is 4.28. The second kappa shape index (κ2) is 3.78. The average Bonchev–Trinajstić information content (AvgIpc) is 2.17. The molecular formula is C10H9FO4. The molecule has 0 aromatic heterocycles. The molecule has 4 nitrogen and oxygen atoms in total. The molecule has 5 heteroatoms. The minimum Gasteiger partial charge on any atom is -0.479 e. The Kier molecular flexibility index (Phi) is 2.85. The normalized spacial score (nSPS) is 14.3. The van der Waals surface area contributed by atoms with E-state index < -0.39 is 23.2 Å². The lowest BCUT2D eigenvalue weighted by atomic mass is 9.95. The standard InChI is InChI=1S/C10H9FO4/c1-10(15,9(13)14)8(12)6-2-4-7(11)5-3-6/h2-5,15H,1H3,(H,13,14). The van der Waals surface area contributed by atoms with Crippen LogP contribution in [0.4, 0.5) is 4.39 Å². The number of aliphatic carboxylic acids is 1. The number of ketones is 1. The van der Waals surface area contributed by atoms with E-state index in [0.717, 1.165) is 31.2 Å². The highest BCUT2D eigenvalue weighted by Gasteiger charge is 2.39. The molecular weight excluding hydrogens is 203 g/mol. The number of benzene rings is 1. The van der Waals surface area contributed by atoms with Gasteiger partial charge in [-0.3, -0.25) is 4.79 Å². The Hall–Kier alpha value is -1.75. The van der Waals surface area contributed by atoms with Crippen molar-refractivity contribution >= 4 is 11.8 Å². The first-order valence-corrected chi connectivity index (χ1v) is 4.12. The number of aliphatic hydroxyl groups is 1. The molecule has 0 radical (unpaired) electrons. The van der Waals surface area contributed by atoms with Crippen molar-refractivity contribution in [2.75, 3.05) is 0 Å². The zero-order chi connectivity index (χ0) is 11.6. The molecule has 0 aliphatic rings. The van der Waals surface area contributed by atoms with Gasteiger partial charge in [-0.2, -0.15) is 0 Å². The predicted molar refractivity (Wildman–Crippen MR) is 49.0 cm³/mol. The first-order valence-electron chi connectivity index (χ1n) is 4.12. The van der Waals surface area contributed by atoms with Gasteiger partial charge in [0.15, 0.2) is 0 Å². The van der Waals surface area contributed by atoms with Crippen LogP contribution in [-0.2, 0) is 4.79 Å². The van der Waals surface area contributed by atoms with Crippen molar-refractivity contribution in [3.63, 3.8) is 0 Å². The van der Waals surface area contributed by atoms with E-state index in [-0.39, 0.29) is 5.56 Å². The van der Waals surface area contributed by atoms with E-state index in [9.17, 15) is 19.1 Å². The van der Waals surface area contributed by atoms with Crippen molar-refractivity contribution in [3.8, 4) is 0 Å². The Morgan fingerprint density at radius 1 is 1.27 bits per heavy atom. The Bertz CT molecular complexity index is 394. The summed E-state index contributed by atoms with van der Waals surface area (Å²) < 4.78 is 12.5. The highest BCUT2D eigenvalue weighted by Crippen LogP contribution is 2.14. The molecule has 0 bridgehead atoms. The fourth-order valence-corrected chi connectivity index (χ4v) is 0.979. The van der Waals surface area contributed by atoms with Crippen molar-refractivity contribution in [2.24, 2.45) is 0 Å². The van der Waals surface area contributed by atoms with Gasteiger partial charge in [0.1, 0.15) is 5.82 Å². The van der Waals surface area contributed by atoms with Crippen LogP contribution in [-0.4, -0.2) is 27.6 Å². The van der Waals surface area contributed by atoms with Crippen LogP contribution in [0.5, 0.6) is 0 Å². The second-order valence-corrected chi connectivity index (χ2v) is 3.21. The quantitative estimate of drug-likeness (QED) is 0.575. The molecule has 1 rings (SSSR count). The van der Waals surface area contributed by atoms with Crippen LogP contribution >= 0.6 is 0 Å². The van der Waals surface area contributed by atoms with E-state index in [1.807, 2.05) is 0 Å². The van der Waals surface area contributed by atoms with Crippen molar-refractivity contribution in [3.05, 3.63) is 35.6 Å². The summed E-state index contributed by atoms with van der Waals surface area (Å²) >= 11 is 0. The van der Waals surface area contributed by atoms with Gasteiger partial charge >= 0.3 is 5.97 Å². The number of halogens is 1. The zero-order valence-corrected chi connectivity index (χ0v) is 7.90. The van der Waals surface area contributed by atoms with Gasteiger partial charge < -0.3 is 10.2 Å². The Labute approximate surface area is 85.0 Å². The van der Waals surface area contributed by atoms with Crippen molar-refractivity contribution in [1.29, 1.82) is 0 Å². The van der Waals surface area contributed by atoms with Crippen molar-refractivity contribution in [1.82, 2.24) is 0 Å². The molecule has 80 valence electrons. The summed E-state index contributed by atoms with van der Waals surface area (Å²) in [7, 11) is 0. The maximum Gasteiger partial charge on any atom is 0.343 e. The number of carboxylic acid groups (broad SMARTS) is 1. The van der Waals surface area contributed by atoms with Crippen LogP contribution in [0.2, 0.25) is 0 Å². The van der Waals surface area contributed by atoms with Gasteiger partial charge in [0.25, 0.3) is 0 Å². The van der Waals surface area contributed by atoms with E-state index in [4.69, 9.17) is 5.11 Å². The lowest BCUT2D eigenvalue weighted by molar-refractivity contribution is -0.151. The smallest absolute Gasteiger partial charge is 0.343 e. The fraction of sp³-hybridized carbons (Fsp3) is 0.200. The van der Waals surface area contributed by atoms with E-state index in [2.05, 4.69) is 0 Å². The summed E-state index contributed by atoms with van der Waals surface area (Å²) in [5, 5.41) is 17.9. The molecule has 1 aromatic rings. The summed E-state index contributed by atoms with van der Waals surface area (Å²) in [6.07, 6.45) is 0. The van der Waals surface area contributed by atoms with Gasteiger partial charge in [-0.1, -0.05) is 0 Å². The third kappa shape index (κ3) is 2.19. The van der Waals surface area contributed by atoms with Gasteiger partial charge in [0.05, 0.1) is 0 Å². The van der Waals surface area contributed by atoms with E-state index in [1.54, 1.807) is 0 Å². The number of rotatable bonds is 3. The van der Waals surface area contributed by atoms with Crippen LogP contribution in [0.3, 0.4) is 0 Å². The second-order valence-electron chi connectivity index (χ2n) is 3.21. The summed E-state index contributed by atoms with van der Waals surface area (Å²) in [6.45, 7) is 0.876. The molecule has 0 saturated heterocycles. The van der Waals surface area contributed by atoms with Crippen LogP contribution in [0.1, 0.15) is 17.3 Å². The molecule has 2 N–H and O–H groups in total. The summed E-state index contributed by atoms with van der Waals surface area (Å²) in [5.74, 6) is -3.16. The predicted octanol–water partition coefficient (Wildman–Crippen LogP) is 0.844. The monoisotopic (exact) mass is 212 g/mol. The number of Topliss-reactive ketones (excluding diaryl/α,β-unsaturated/α-hetero) is 1. The molecule has 0 fully saturated rings. The maximum absolute atomic E-state index is 12.5. The van der Waals surface area contributed by atoms with E-state index in [0.29, 0.717) is 0 Å². The Morgan fingerprint density at radius 3 is 2.13 bits per heavy atom. The van der Waals surface area contributed by atoms with Gasteiger partial charge in [0.2, 0.25) is 11.4 Å². The average molecular weight is 212 g/mol. The Balaban J connectivity index is 3.05. The van der Waals surface area contributed by atoms with Crippen LogP contribution < -0.4 is 0 Å². The van der Waals surface area contributed by atoms with Gasteiger partial charge in [-0.25, -0.2) is 9.18 Å². The molecule has 0 heterocycles. The summed E-state index contributed by atoms with van der Waals surface area (Å²) in [5.41, 5.74) is -2.54. The molecule has 0 amide bonds. The topological polar surface area (TPSA) is 74.6 Å². The number of carbonyl (C=O) groups is 2. The molecule has 1 atom stereocenters. The molecule has 0 aliphatic carbocycles. The maximum atomic E-state index is 12.5. The van der Waals surface area contributed by atoms with Crippen LogP contribution in [0, 0.1) is 5.82 Å². The molecule has 0 aliphatic heterocycles. The Morgan fingerprint density at radius 2 is 1.73 bits per heavy atom. The third-order valence-electron chi connectivity index (χ3n) is 1.96. The molecule has 0 saturated carbocycles. The molecule has 0 spiro atoms. The lowest BCUT2D eigenvalue weighted by Crippen LogP contribution is -2.43. The molecule has 15 heavy (non-hydrogen) atoms. The van der Waals surface area contributed by atoms with Crippen LogP contribution in [0.15, 0.2) is 24.3 Å². The summed E-state index contributed by atoms with van der Waals surface area (Å²) in [4.78, 5) is 22.0. The van der Waals surface area contributed by atoms with E-state index >= 15 is 0 Å². The first-order chi connectivity index (χ1) is 6.85. The third-order valence-corrected chi connectivity index (χ3v) is 1.96. The highest BCUT2D eigenvalue weighted by molar-refractivity contribution is 6.14. The first kappa shape index (κ1) is 11.3. The van der Waals surface area contributed by atoms with Crippen molar-refractivity contribution in [2.45, 2.75) is 12.5 Å². The number of hydrogen-bond donors (Lipinski definition) is 2. The van der Waals surface area contributed by atoms with Crippen LogP contribution in [0.25, 0.3) is 0 Å². The minimum atomic E-state index is -2.49. The highest BCUT2D eigenvalue weighted by atomic mass is 19.1. The zero-order valence-electron chi connectivity index (χ0n) is 7.90. The number of hydrogen-bond acceptors (Lipinski definition) is 3. The molecule has 1 unspecified atom stereocenters. The fourth-order valence-electron chi connectivity index (χ4n) is 0.979. The van der Waals surface area contributed by atoms with Gasteiger partial charge in [-0.15, -0.1) is 0 Å². The van der Waals surface area contributed by atoms with E-state index in [1.165, 1.54) is 0 Å². The number of carbonyl (C=O) groups excluding carboxylic acids is 1.